The maximum absolute atomic E-state index is 13.8. The lowest BCUT2D eigenvalue weighted by Gasteiger charge is -2.39. The summed E-state index contributed by atoms with van der Waals surface area (Å²) in [6.45, 7) is 3.03. The molecular formula is C13H17FN2OS. The van der Waals surface area contributed by atoms with Gasteiger partial charge >= 0.3 is 0 Å². The van der Waals surface area contributed by atoms with Gasteiger partial charge < -0.3 is 15.7 Å². The van der Waals surface area contributed by atoms with Crippen LogP contribution in [0.3, 0.4) is 0 Å². The highest BCUT2D eigenvalue weighted by atomic mass is 32.1. The van der Waals surface area contributed by atoms with Gasteiger partial charge in [0.25, 0.3) is 0 Å². The molecule has 1 fully saturated rings. The largest absolute Gasteiger partial charge is 0.389 e. The molecule has 1 aromatic carbocycles. The quantitative estimate of drug-likeness (QED) is 0.803. The summed E-state index contributed by atoms with van der Waals surface area (Å²) in [6, 6.07) is 4.77. The molecule has 1 aromatic rings. The molecule has 1 aliphatic heterocycles. The standard InChI is InChI=1S/C13H17FN2OS/c1-13(17)6-3-7-16(8-13)10-5-2-4-9(14)11(10)12(15)18/h2,4-5,17H,3,6-8H2,1H3,(H2,15,18). The molecule has 3 N–H and O–H groups in total. The van der Waals surface area contributed by atoms with E-state index in [-0.39, 0.29) is 10.6 Å². The van der Waals surface area contributed by atoms with Crippen molar-refractivity contribution in [2.45, 2.75) is 25.4 Å². The van der Waals surface area contributed by atoms with Crippen LogP contribution in [-0.4, -0.2) is 28.8 Å². The van der Waals surface area contributed by atoms with Crippen molar-refractivity contribution in [2.24, 2.45) is 5.73 Å². The van der Waals surface area contributed by atoms with Crippen molar-refractivity contribution in [1.82, 2.24) is 0 Å². The van der Waals surface area contributed by atoms with Crippen molar-refractivity contribution in [3.63, 3.8) is 0 Å². The Bertz CT molecular complexity index is 476. The van der Waals surface area contributed by atoms with Crippen LogP contribution < -0.4 is 10.6 Å². The molecule has 98 valence electrons. The van der Waals surface area contributed by atoms with E-state index in [1.807, 2.05) is 4.90 Å². The number of hydrogen-bond acceptors (Lipinski definition) is 3. The molecule has 0 bridgehead atoms. The second-order valence-corrected chi connectivity index (χ2v) is 5.46. The summed E-state index contributed by atoms with van der Waals surface area (Å²) < 4.78 is 13.8. The second kappa shape index (κ2) is 4.82. The molecule has 5 heteroatoms. The van der Waals surface area contributed by atoms with Gasteiger partial charge in [0.1, 0.15) is 10.8 Å². The highest BCUT2D eigenvalue weighted by Gasteiger charge is 2.30. The Balaban J connectivity index is 2.39. The predicted octanol–water partition coefficient (Wildman–Crippen LogP) is 1.81. The van der Waals surface area contributed by atoms with Crippen LogP contribution in [0.4, 0.5) is 10.1 Å². The lowest BCUT2D eigenvalue weighted by molar-refractivity contribution is 0.0449. The third kappa shape index (κ3) is 2.62. The van der Waals surface area contributed by atoms with E-state index in [1.54, 1.807) is 19.1 Å². The summed E-state index contributed by atoms with van der Waals surface area (Å²) in [5, 5.41) is 10.1. The number of nitrogens with two attached hydrogens (primary N) is 1. The van der Waals surface area contributed by atoms with Crippen LogP contribution in [0.25, 0.3) is 0 Å². The Hall–Kier alpha value is -1.20. The van der Waals surface area contributed by atoms with E-state index in [0.717, 1.165) is 19.4 Å². The van der Waals surface area contributed by atoms with E-state index < -0.39 is 11.4 Å². The van der Waals surface area contributed by atoms with E-state index in [0.29, 0.717) is 12.2 Å². The van der Waals surface area contributed by atoms with Crippen LogP contribution in [0.1, 0.15) is 25.3 Å². The van der Waals surface area contributed by atoms with Crippen molar-refractivity contribution in [1.29, 1.82) is 0 Å². The van der Waals surface area contributed by atoms with Gasteiger partial charge in [0.15, 0.2) is 0 Å². The predicted molar refractivity (Wildman–Crippen MR) is 74.4 cm³/mol. The molecule has 1 saturated heterocycles. The Morgan fingerprint density at radius 2 is 2.28 bits per heavy atom. The number of halogens is 1. The summed E-state index contributed by atoms with van der Waals surface area (Å²) in [5.41, 5.74) is 5.78. The zero-order valence-electron chi connectivity index (χ0n) is 10.3. The first-order valence-corrected chi connectivity index (χ1v) is 6.37. The van der Waals surface area contributed by atoms with Gasteiger partial charge in [-0.1, -0.05) is 18.3 Å². The summed E-state index contributed by atoms with van der Waals surface area (Å²) >= 11 is 4.91. The highest BCUT2D eigenvalue weighted by Crippen LogP contribution is 2.29. The number of anilines is 1. The SMILES string of the molecule is CC1(O)CCCN(c2cccc(F)c2C(N)=S)C1. The van der Waals surface area contributed by atoms with Crippen LogP contribution in [0.5, 0.6) is 0 Å². The average molecular weight is 268 g/mol. The van der Waals surface area contributed by atoms with Crippen molar-refractivity contribution in [2.75, 3.05) is 18.0 Å². The summed E-state index contributed by atoms with van der Waals surface area (Å²) in [6.07, 6.45) is 1.61. The van der Waals surface area contributed by atoms with Crippen molar-refractivity contribution in [3.05, 3.63) is 29.6 Å². The molecule has 1 aliphatic rings. The number of thiocarbonyl (C=S) groups is 1. The number of nitrogens with zero attached hydrogens (tertiary/aromatic N) is 1. The smallest absolute Gasteiger partial charge is 0.135 e. The van der Waals surface area contributed by atoms with Crippen molar-refractivity contribution >= 4 is 22.9 Å². The molecule has 1 heterocycles. The van der Waals surface area contributed by atoms with Crippen LogP contribution in [0.2, 0.25) is 0 Å². The molecular weight excluding hydrogens is 251 g/mol. The van der Waals surface area contributed by atoms with Crippen LogP contribution in [-0.2, 0) is 0 Å². The van der Waals surface area contributed by atoms with Gasteiger partial charge in [-0.2, -0.15) is 0 Å². The van der Waals surface area contributed by atoms with E-state index in [2.05, 4.69) is 0 Å². The molecule has 18 heavy (non-hydrogen) atoms. The minimum atomic E-state index is -0.752. The summed E-state index contributed by atoms with van der Waals surface area (Å²) in [5.74, 6) is -0.412. The van der Waals surface area contributed by atoms with Gasteiger partial charge in [0.2, 0.25) is 0 Å². The molecule has 0 saturated carbocycles. The van der Waals surface area contributed by atoms with Crippen molar-refractivity contribution < 1.29 is 9.50 Å². The third-order valence-corrected chi connectivity index (χ3v) is 3.46. The molecule has 0 radical (unpaired) electrons. The van der Waals surface area contributed by atoms with E-state index >= 15 is 0 Å². The van der Waals surface area contributed by atoms with Crippen LogP contribution in [0, 0.1) is 5.82 Å². The van der Waals surface area contributed by atoms with Gasteiger partial charge in [0, 0.05) is 18.8 Å². The number of aliphatic hydroxyl groups is 1. The lowest BCUT2D eigenvalue weighted by Crippen LogP contribution is -2.46. The Labute approximate surface area is 111 Å². The first kappa shape index (κ1) is 13.2. The summed E-state index contributed by atoms with van der Waals surface area (Å²) in [7, 11) is 0. The molecule has 0 spiro atoms. The molecule has 0 aliphatic carbocycles. The fraction of sp³-hybridized carbons (Fsp3) is 0.462. The Morgan fingerprint density at radius 3 is 2.89 bits per heavy atom. The summed E-state index contributed by atoms with van der Waals surface area (Å²) in [4.78, 5) is 1.99. The Kier molecular flexibility index (Phi) is 3.54. The monoisotopic (exact) mass is 268 g/mol. The maximum atomic E-state index is 13.8. The first-order chi connectivity index (χ1) is 8.41. The van der Waals surface area contributed by atoms with Crippen LogP contribution >= 0.6 is 12.2 Å². The second-order valence-electron chi connectivity index (χ2n) is 5.02. The fourth-order valence-corrected chi connectivity index (χ4v) is 2.65. The van der Waals surface area contributed by atoms with E-state index in [9.17, 15) is 9.50 Å². The minimum absolute atomic E-state index is 0.0494. The molecule has 0 amide bonds. The number of β-amino-alcohol motifs (C(OH)–C–C–N with tert-alkyl or cyclic N) is 1. The normalized spacial score (nSPS) is 24.1. The molecule has 1 unspecified atom stereocenters. The zero-order valence-corrected chi connectivity index (χ0v) is 11.1. The molecule has 1 atom stereocenters. The van der Waals surface area contributed by atoms with E-state index in [4.69, 9.17) is 18.0 Å². The first-order valence-electron chi connectivity index (χ1n) is 5.96. The number of benzene rings is 1. The maximum Gasteiger partial charge on any atom is 0.135 e. The number of piperidine rings is 1. The number of rotatable bonds is 2. The third-order valence-electron chi connectivity index (χ3n) is 3.25. The van der Waals surface area contributed by atoms with Crippen LogP contribution in [0.15, 0.2) is 18.2 Å². The number of hydrogen-bond donors (Lipinski definition) is 2. The lowest BCUT2D eigenvalue weighted by atomic mass is 9.94. The molecule has 3 nitrogen and oxygen atoms in total. The van der Waals surface area contributed by atoms with Gasteiger partial charge in [0.05, 0.1) is 11.2 Å². The van der Waals surface area contributed by atoms with Gasteiger partial charge in [-0.3, -0.25) is 0 Å². The van der Waals surface area contributed by atoms with Crippen molar-refractivity contribution in [3.8, 4) is 0 Å². The van der Waals surface area contributed by atoms with Gasteiger partial charge in [-0.15, -0.1) is 0 Å². The topological polar surface area (TPSA) is 49.5 Å². The van der Waals surface area contributed by atoms with E-state index in [1.165, 1.54) is 6.07 Å². The minimum Gasteiger partial charge on any atom is -0.389 e. The Morgan fingerprint density at radius 1 is 1.56 bits per heavy atom. The van der Waals surface area contributed by atoms with Gasteiger partial charge in [-0.25, -0.2) is 4.39 Å². The average Bonchev–Trinajstić information content (AvgIpc) is 2.26. The molecule has 2 rings (SSSR count). The molecule has 0 aromatic heterocycles. The zero-order chi connectivity index (χ0) is 13.3. The van der Waals surface area contributed by atoms with Gasteiger partial charge in [-0.05, 0) is 31.9 Å². The highest BCUT2D eigenvalue weighted by molar-refractivity contribution is 7.80. The fourth-order valence-electron chi connectivity index (χ4n) is 2.45.